The number of rotatable bonds is 7. The monoisotopic (exact) mass is 485 g/mol. The molecule has 0 aliphatic carbocycles. The quantitative estimate of drug-likeness (QED) is 0.348. The number of nitrogens with two attached hydrogens (primary N) is 1. The SMILES string of the molecule is CC(C)NS(=O)(=O)c1ccc([N+](=O)[O-])cc1C[C@H](N)c1ccc(F)c(C(F)(F)F)c1.Cl. The van der Waals surface area contributed by atoms with E-state index in [-0.39, 0.29) is 34.9 Å². The maximum atomic E-state index is 13.5. The molecule has 1 atom stereocenters. The number of sulfonamides is 1. The van der Waals surface area contributed by atoms with E-state index in [9.17, 15) is 36.1 Å². The van der Waals surface area contributed by atoms with Crippen molar-refractivity contribution in [2.24, 2.45) is 5.73 Å². The summed E-state index contributed by atoms with van der Waals surface area (Å²) in [4.78, 5) is 10.1. The summed E-state index contributed by atoms with van der Waals surface area (Å²) in [6.45, 7) is 3.15. The molecule has 0 aromatic heterocycles. The van der Waals surface area contributed by atoms with E-state index in [1.165, 1.54) is 0 Å². The molecule has 0 fully saturated rings. The lowest BCUT2D eigenvalue weighted by Gasteiger charge is -2.18. The van der Waals surface area contributed by atoms with Gasteiger partial charge >= 0.3 is 6.18 Å². The fraction of sp³-hybridized carbons (Fsp3) is 0.333. The first-order valence-electron chi connectivity index (χ1n) is 8.64. The van der Waals surface area contributed by atoms with E-state index in [2.05, 4.69) is 4.72 Å². The van der Waals surface area contributed by atoms with E-state index in [0.29, 0.717) is 12.1 Å². The Kier molecular flexibility index (Phi) is 8.54. The molecule has 0 spiro atoms. The molecule has 0 amide bonds. The number of nitrogens with one attached hydrogen (secondary N) is 1. The van der Waals surface area contributed by atoms with Crippen LogP contribution in [0.15, 0.2) is 41.3 Å². The summed E-state index contributed by atoms with van der Waals surface area (Å²) in [5.74, 6) is -1.47. The highest BCUT2D eigenvalue weighted by Crippen LogP contribution is 2.34. The summed E-state index contributed by atoms with van der Waals surface area (Å²) in [7, 11) is -4.07. The summed E-state index contributed by atoms with van der Waals surface area (Å²) < 4.78 is 79.9. The number of hydrogen-bond donors (Lipinski definition) is 2. The maximum absolute atomic E-state index is 13.5. The number of nitro groups is 1. The smallest absolute Gasteiger partial charge is 0.324 e. The van der Waals surface area contributed by atoms with Crippen LogP contribution < -0.4 is 10.5 Å². The number of non-ortho nitro benzene ring substituents is 1. The lowest BCUT2D eigenvalue weighted by molar-refractivity contribution is -0.385. The molecule has 13 heteroatoms. The summed E-state index contributed by atoms with van der Waals surface area (Å²) in [6.07, 6.45) is -5.28. The fourth-order valence-corrected chi connectivity index (χ4v) is 4.30. The maximum Gasteiger partial charge on any atom is 0.419 e. The van der Waals surface area contributed by atoms with Gasteiger partial charge in [-0.25, -0.2) is 17.5 Å². The van der Waals surface area contributed by atoms with Crippen LogP contribution in [0.5, 0.6) is 0 Å². The molecule has 0 heterocycles. The molecule has 172 valence electrons. The van der Waals surface area contributed by atoms with E-state index in [4.69, 9.17) is 5.73 Å². The summed E-state index contributed by atoms with van der Waals surface area (Å²) >= 11 is 0. The van der Waals surface area contributed by atoms with Gasteiger partial charge in [0.05, 0.1) is 15.4 Å². The standard InChI is InChI=1S/C18H19F4N3O4S.ClH/c1-10(2)24-30(28,29)17-6-4-13(25(26)27)7-12(17)9-16(23)11-3-5-15(19)14(8-11)18(20,21)22;/h3-8,10,16,24H,9,23H2,1-2H3;1H/t16-;/m0./s1. The number of alkyl halides is 3. The second kappa shape index (κ2) is 9.90. The molecular formula is C18H20ClF4N3O4S. The second-order valence-electron chi connectivity index (χ2n) is 6.87. The Labute approximate surface area is 182 Å². The average molecular weight is 486 g/mol. The van der Waals surface area contributed by atoms with Gasteiger partial charge in [-0.05, 0) is 49.6 Å². The largest absolute Gasteiger partial charge is 0.419 e. The lowest BCUT2D eigenvalue weighted by Crippen LogP contribution is -2.31. The van der Waals surface area contributed by atoms with Crippen LogP contribution in [0, 0.1) is 15.9 Å². The molecule has 0 radical (unpaired) electrons. The van der Waals surface area contributed by atoms with E-state index in [0.717, 1.165) is 24.3 Å². The highest BCUT2D eigenvalue weighted by Gasteiger charge is 2.34. The van der Waals surface area contributed by atoms with Gasteiger partial charge in [-0.2, -0.15) is 13.2 Å². The Morgan fingerprint density at radius 3 is 2.29 bits per heavy atom. The van der Waals surface area contributed by atoms with Crippen LogP contribution in [0.4, 0.5) is 23.2 Å². The summed E-state index contributed by atoms with van der Waals surface area (Å²) in [6, 6.07) is 3.59. The number of hydrogen-bond acceptors (Lipinski definition) is 5. The van der Waals surface area contributed by atoms with Crippen molar-refractivity contribution in [3.05, 3.63) is 69.0 Å². The first kappa shape index (κ1) is 26.8. The van der Waals surface area contributed by atoms with Crippen molar-refractivity contribution >= 4 is 28.1 Å². The number of nitro benzene ring substituents is 1. The van der Waals surface area contributed by atoms with Crippen LogP contribution in [-0.2, 0) is 22.6 Å². The Balaban J connectivity index is 0.00000480. The third-order valence-corrected chi connectivity index (χ3v) is 5.86. The van der Waals surface area contributed by atoms with Crippen LogP contribution in [0.2, 0.25) is 0 Å². The zero-order chi connectivity index (χ0) is 22.9. The fourth-order valence-electron chi connectivity index (χ4n) is 2.82. The van der Waals surface area contributed by atoms with Gasteiger partial charge in [0.25, 0.3) is 5.69 Å². The Hall–Kier alpha value is -2.28. The zero-order valence-corrected chi connectivity index (χ0v) is 17.9. The molecule has 2 aromatic carbocycles. The van der Waals surface area contributed by atoms with Crippen molar-refractivity contribution in [2.45, 2.75) is 43.4 Å². The Morgan fingerprint density at radius 2 is 1.77 bits per heavy atom. The van der Waals surface area contributed by atoms with Crippen LogP contribution in [-0.4, -0.2) is 19.4 Å². The average Bonchev–Trinajstić information content (AvgIpc) is 2.59. The molecule has 7 nitrogen and oxygen atoms in total. The van der Waals surface area contributed by atoms with E-state index in [1.807, 2.05) is 0 Å². The van der Waals surface area contributed by atoms with Crippen molar-refractivity contribution in [1.82, 2.24) is 4.72 Å². The highest BCUT2D eigenvalue weighted by molar-refractivity contribution is 7.89. The van der Waals surface area contributed by atoms with Gasteiger partial charge in [0.2, 0.25) is 10.0 Å². The minimum Gasteiger partial charge on any atom is -0.324 e. The number of nitrogens with zero attached hydrogens (tertiary/aromatic N) is 1. The molecule has 0 saturated heterocycles. The predicted octanol–water partition coefficient (Wildman–Crippen LogP) is 4.10. The van der Waals surface area contributed by atoms with Crippen LogP contribution in [0.3, 0.4) is 0 Å². The molecule has 2 aromatic rings. The van der Waals surface area contributed by atoms with Gasteiger partial charge in [-0.3, -0.25) is 10.1 Å². The molecular weight excluding hydrogens is 466 g/mol. The molecule has 0 aliphatic rings. The van der Waals surface area contributed by atoms with Crippen molar-refractivity contribution in [3.63, 3.8) is 0 Å². The van der Waals surface area contributed by atoms with Gasteiger partial charge in [-0.1, -0.05) is 6.07 Å². The molecule has 3 N–H and O–H groups in total. The van der Waals surface area contributed by atoms with Crippen molar-refractivity contribution in [2.75, 3.05) is 0 Å². The van der Waals surface area contributed by atoms with Crippen molar-refractivity contribution < 1.29 is 30.9 Å². The third-order valence-electron chi connectivity index (χ3n) is 4.10. The van der Waals surface area contributed by atoms with Crippen molar-refractivity contribution in [3.8, 4) is 0 Å². The summed E-state index contributed by atoms with van der Waals surface area (Å²) in [5, 5.41) is 11.1. The van der Waals surface area contributed by atoms with Gasteiger partial charge in [0.1, 0.15) is 5.82 Å². The van der Waals surface area contributed by atoms with Crippen molar-refractivity contribution in [1.29, 1.82) is 0 Å². The van der Waals surface area contributed by atoms with E-state index < -0.39 is 50.3 Å². The second-order valence-corrected chi connectivity index (χ2v) is 8.56. The highest BCUT2D eigenvalue weighted by atomic mass is 35.5. The predicted molar refractivity (Wildman–Crippen MR) is 108 cm³/mol. The van der Waals surface area contributed by atoms with Crippen LogP contribution in [0.25, 0.3) is 0 Å². The third kappa shape index (κ3) is 6.60. The topological polar surface area (TPSA) is 115 Å². The number of halogens is 5. The Morgan fingerprint density at radius 1 is 1.16 bits per heavy atom. The minimum absolute atomic E-state index is 0. The van der Waals surface area contributed by atoms with E-state index in [1.54, 1.807) is 13.8 Å². The molecule has 31 heavy (non-hydrogen) atoms. The van der Waals surface area contributed by atoms with E-state index >= 15 is 0 Å². The van der Waals surface area contributed by atoms with Crippen LogP contribution in [0.1, 0.15) is 36.6 Å². The van der Waals surface area contributed by atoms with Gasteiger partial charge < -0.3 is 5.73 Å². The normalized spacial score (nSPS) is 13.0. The van der Waals surface area contributed by atoms with Gasteiger partial charge in [0, 0.05) is 24.2 Å². The molecule has 0 saturated carbocycles. The van der Waals surface area contributed by atoms with Gasteiger partial charge in [0.15, 0.2) is 0 Å². The first-order valence-corrected chi connectivity index (χ1v) is 10.1. The molecule has 0 unspecified atom stereocenters. The first-order chi connectivity index (χ1) is 13.7. The Bertz CT molecular complexity index is 1060. The molecule has 0 bridgehead atoms. The lowest BCUT2D eigenvalue weighted by atomic mass is 9.97. The molecule has 2 rings (SSSR count). The minimum atomic E-state index is -4.94. The zero-order valence-electron chi connectivity index (χ0n) is 16.3. The van der Waals surface area contributed by atoms with Crippen LogP contribution >= 0.6 is 12.4 Å². The number of benzene rings is 2. The van der Waals surface area contributed by atoms with Gasteiger partial charge in [-0.15, -0.1) is 12.4 Å². The molecule has 0 aliphatic heterocycles. The summed E-state index contributed by atoms with van der Waals surface area (Å²) in [5.41, 5.74) is 3.88.